The summed E-state index contributed by atoms with van der Waals surface area (Å²) >= 11 is 0. The van der Waals surface area contributed by atoms with Crippen LogP contribution in [0.15, 0.2) is 0 Å². The number of ether oxygens (including phenoxy) is 1. The lowest BCUT2D eigenvalue weighted by molar-refractivity contribution is -0.129. The average molecular weight is 253 g/mol. The molecule has 102 valence electrons. The first-order valence-corrected chi connectivity index (χ1v) is 6.48. The molecular formula is C13H23N3O2. The highest BCUT2D eigenvalue weighted by Crippen LogP contribution is 2.22. The van der Waals surface area contributed by atoms with Crippen LogP contribution < -0.4 is 5.73 Å². The van der Waals surface area contributed by atoms with Crippen LogP contribution in [0.3, 0.4) is 0 Å². The van der Waals surface area contributed by atoms with Crippen LogP contribution in [0.2, 0.25) is 0 Å². The highest BCUT2D eigenvalue weighted by molar-refractivity contribution is 5.80. The van der Waals surface area contributed by atoms with Gasteiger partial charge in [-0.05, 0) is 33.2 Å². The van der Waals surface area contributed by atoms with E-state index in [4.69, 9.17) is 15.7 Å². The molecule has 0 aromatic rings. The van der Waals surface area contributed by atoms with Crippen molar-refractivity contribution in [3.05, 3.63) is 0 Å². The second-order valence-corrected chi connectivity index (χ2v) is 5.48. The van der Waals surface area contributed by atoms with Gasteiger partial charge in [0.05, 0.1) is 24.7 Å². The molecule has 0 radical (unpaired) electrons. The molecule has 1 amide bonds. The SMILES string of the molecule is CC(C)(C#N)CCCCN1CCOCC1C(N)=O. The van der Waals surface area contributed by atoms with Crippen LogP contribution in [0.1, 0.15) is 33.1 Å². The van der Waals surface area contributed by atoms with Crippen molar-refractivity contribution in [3.8, 4) is 6.07 Å². The Bertz CT molecular complexity index is 323. The molecular weight excluding hydrogens is 230 g/mol. The highest BCUT2D eigenvalue weighted by atomic mass is 16.5. The second kappa shape index (κ2) is 6.72. The van der Waals surface area contributed by atoms with E-state index in [-0.39, 0.29) is 17.4 Å². The van der Waals surface area contributed by atoms with Gasteiger partial charge in [0.15, 0.2) is 0 Å². The first kappa shape index (κ1) is 14.9. The lowest BCUT2D eigenvalue weighted by Crippen LogP contribution is -2.52. The van der Waals surface area contributed by atoms with Crippen LogP contribution in [0.5, 0.6) is 0 Å². The molecule has 5 heteroatoms. The number of carbonyl (C=O) groups is 1. The topological polar surface area (TPSA) is 79.3 Å². The van der Waals surface area contributed by atoms with E-state index in [9.17, 15) is 4.79 Å². The van der Waals surface area contributed by atoms with Crippen LogP contribution in [-0.2, 0) is 9.53 Å². The quantitative estimate of drug-likeness (QED) is 0.713. The van der Waals surface area contributed by atoms with Gasteiger partial charge in [-0.3, -0.25) is 9.69 Å². The van der Waals surface area contributed by atoms with E-state index in [1.165, 1.54) is 0 Å². The Balaban J connectivity index is 2.29. The minimum Gasteiger partial charge on any atom is -0.378 e. The number of rotatable bonds is 6. The summed E-state index contributed by atoms with van der Waals surface area (Å²) in [4.78, 5) is 13.3. The molecule has 1 atom stereocenters. The Morgan fingerprint density at radius 2 is 2.28 bits per heavy atom. The Hall–Kier alpha value is -1.12. The van der Waals surface area contributed by atoms with Gasteiger partial charge in [0, 0.05) is 6.54 Å². The van der Waals surface area contributed by atoms with E-state index >= 15 is 0 Å². The van der Waals surface area contributed by atoms with Gasteiger partial charge < -0.3 is 10.5 Å². The number of morpholine rings is 1. The number of nitriles is 1. The Morgan fingerprint density at radius 3 is 2.89 bits per heavy atom. The molecule has 18 heavy (non-hydrogen) atoms. The van der Waals surface area contributed by atoms with Gasteiger partial charge in [0.1, 0.15) is 6.04 Å². The number of hydrogen-bond donors (Lipinski definition) is 1. The number of nitrogens with two attached hydrogens (primary N) is 1. The van der Waals surface area contributed by atoms with Crippen molar-refractivity contribution < 1.29 is 9.53 Å². The summed E-state index contributed by atoms with van der Waals surface area (Å²) in [7, 11) is 0. The van der Waals surface area contributed by atoms with E-state index in [1.54, 1.807) is 0 Å². The molecule has 0 bridgehead atoms. The molecule has 0 spiro atoms. The molecule has 1 unspecified atom stereocenters. The number of unbranched alkanes of at least 4 members (excludes halogenated alkanes) is 1. The van der Waals surface area contributed by atoms with Crippen molar-refractivity contribution in [1.29, 1.82) is 5.26 Å². The van der Waals surface area contributed by atoms with E-state index in [1.807, 2.05) is 13.8 Å². The number of amides is 1. The zero-order valence-electron chi connectivity index (χ0n) is 11.3. The van der Waals surface area contributed by atoms with E-state index < -0.39 is 0 Å². The van der Waals surface area contributed by atoms with Gasteiger partial charge in [0.2, 0.25) is 5.91 Å². The minimum atomic E-state index is -0.313. The van der Waals surface area contributed by atoms with Gasteiger partial charge in [-0.15, -0.1) is 0 Å². The highest BCUT2D eigenvalue weighted by Gasteiger charge is 2.27. The standard InChI is InChI=1S/C13H23N3O2/c1-13(2,10-14)5-3-4-6-16-7-8-18-9-11(16)12(15)17/h11H,3-9H2,1-2H3,(H2,15,17). The van der Waals surface area contributed by atoms with E-state index in [0.717, 1.165) is 32.4 Å². The van der Waals surface area contributed by atoms with Gasteiger partial charge >= 0.3 is 0 Å². The van der Waals surface area contributed by atoms with Crippen LogP contribution >= 0.6 is 0 Å². The van der Waals surface area contributed by atoms with Crippen molar-refractivity contribution in [2.45, 2.75) is 39.2 Å². The van der Waals surface area contributed by atoms with Gasteiger partial charge in [-0.1, -0.05) is 6.42 Å². The monoisotopic (exact) mass is 253 g/mol. The predicted molar refractivity (Wildman–Crippen MR) is 68.6 cm³/mol. The maximum absolute atomic E-state index is 11.3. The fourth-order valence-electron chi connectivity index (χ4n) is 2.11. The predicted octanol–water partition coefficient (Wildman–Crippen LogP) is 0.893. The van der Waals surface area contributed by atoms with Crippen LogP contribution in [-0.4, -0.2) is 43.2 Å². The third-order valence-electron chi connectivity index (χ3n) is 3.37. The largest absolute Gasteiger partial charge is 0.378 e. The molecule has 0 aromatic carbocycles. The molecule has 1 rings (SSSR count). The number of primary amides is 1. The maximum atomic E-state index is 11.3. The van der Waals surface area contributed by atoms with Gasteiger partial charge in [-0.2, -0.15) is 5.26 Å². The molecule has 0 aliphatic carbocycles. The lowest BCUT2D eigenvalue weighted by Gasteiger charge is -2.33. The van der Waals surface area contributed by atoms with E-state index in [0.29, 0.717) is 13.2 Å². The molecule has 0 saturated carbocycles. The lowest BCUT2D eigenvalue weighted by atomic mass is 9.89. The van der Waals surface area contributed by atoms with Crippen molar-refractivity contribution in [1.82, 2.24) is 4.90 Å². The number of carbonyl (C=O) groups excluding carboxylic acids is 1. The van der Waals surface area contributed by atoms with Crippen LogP contribution in [0.4, 0.5) is 0 Å². The Labute approximate surface area is 109 Å². The summed E-state index contributed by atoms with van der Waals surface area (Å²) in [6.45, 7) is 6.57. The average Bonchev–Trinajstić information content (AvgIpc) is 2.35. The smallest absolute Gasteiger partial charge is 0.237 e. The fraction of sp³-hybridized carbons (Fsp3) is 0.846. The molecule has 1 aliphatic rings. The molecule has 1 heterocycles. The van der Waals surface area contributed by atoms with Crippen LogP contribution in [0.25, 0.3) is 0 Å². The Morgan fingerprint density at radius 1 is 1.56 bits per heavy atom. The molecule has 0 aromatic heterocycles. The normalized spacial score (nSPS) is 21.5. The molecule has 1 aliphatic heterocycles. The minimum absolute atomic E-state index is 0.256. The number of hydrogen-bond acceptors (Lipinski definition) is 4. The summed E-state index contributed by atoms with van der Waals surface area (Å²) < 4.78 is 5.27. The first-order chi connectivity index (χ1) is 8.46. The van der Waals surface area contributed by atoms with E-state index in [2.05, 4.69) is 11.0 Å². The van der Waals surface area contributed by atoms with Gasteiger partial charge in [0.25, 0.3) is 0 Å². The summed E-state index contributed by atoms with van der Waals surface area (Å²) in [5, 5.41) is 8.92. The molecule has 1 fully saturated rings. The van der Waals surface area contributed by atoms with Crippen molar-refractivity contribution >= 4 is 5.91 Å². The first-order valence-electron chi connectivity index (χ1n) is 6.48. The third-order valence-corrected chi connectivity index (χ3v) is 3.37. The molecule has 1 saturated heterocycles. The third kappa shape index (κ3) is 4.63. The maximum Gasteiger partial charge on any atom is 0.237 e. The zero-order valence-corrected chi connectivity index (χ0v) is 11.3. The summed E-state index contributed by atoms with van der Waals surface area (Å²) in [5.41, 5.74) is 5.09. The molecule has 5 nitrogen and oxygen atoms in total. The van der Waals surface area contributed by atoms with Gasteiger partial charge in [-0.25, -0.2) is 0 Å². The Kier molecular flexibility index (Phi) is 5.57. The number of nitrogens with zero attached hydrogens (tertiary/aromatic N) is 2. The van der Waals surface area contributed by atoms with Crippen LogP contribution in [0, 0.1) is 16.7 Å². The van der Waals surface area contributed by atoms with Crippen molar-refractivity contribution in [2.75, 3.05) is 26.3 Å². The van der Waals surface area contributed by atoms with Crippen molar-refractivity contribution in [3.63, 3.8) is 0 Å². The summed E-state index contributed by atoms with van der Waals surface area (Å²) in [5.74, 6) is -0.313. The fourth-order valence-corrected chi connectivity index (χ4v) is 2.11. The summed E-state index contributed by atoms with van der Waals surface area (Å²) in [6, 6.07) is 2.01. The second-order valence-electron chi connectivity index (χ2n) is 5.48. The molecule has 2 N–H and O–H groups in total. The summed E-state index contributed by atoms with van der Waals surface area (Å²) in [6.07, 6.45) is 2.85. The van der Waals surface area contributed by atoms with Crippen molar-refractivity contribution in [2.24, 2.45) is 11.1 Å². The zero-order chi connectivity index (χ0) is 13.6.